The predicted molar refractivity (Wildman–Crippen MR) is 49.6 cm³/mol. The second kappa shape index (κ2) is 4.07. The van der Waals surface area contributed by atoms with Crippen molar-refractivity contribution in [3.63, 3.8) is 0 Å². The van der Waals surface area contributed by atoms with Crippen LogP contribution < -0.4 is 5.73 Å². The summed E-state index contributed by atoms with van der Waals surface area (Å²) in [5, 5.41) is 0. The number of benzene rings is 1. The molecule has 0 amide bonds. The molecule has 0 bridgehead atoms. The molecule has 0 aliphatic rings. The van der Waals surface area contributed by atoms with Crippen LogP contribution in [0.25, 0.3) is 0 Å². The molecule has 0 heterocycles. The SMILES string of the molecule is NCC#Cc1cccc(S)c1. The van der Waals surface area contributed by atoms with Gasteiger partial charge in [0.25, 0.3) is 0 Å². The summed E-state index contributed by atoms with van der Waals surface area (Å²) < 4.78 is 0. The average molecular weight is 163 g/mol. The van der Waals surface area contributed by atoms with Crippen LogP contribution in [0.1, 0.15) is 5.56 Å². The van der Waals surface area contributed by atoms with Gasteiger partial charge < -0.3 is 5.73 Å². The van der Waals surface area contributed by atoms with Crippen LogP contribution in [0.2, 0.25) is 0 Å². The molecule has 0 atom stereocenters. The number of thiol groups is 1. The molecule has 0 spiro atoms. The van der Waals surface area contributed by atoms with Gasteiger partial charge in [0, 0.05) is 10.5 Å². The molecule has 56 valence electrons. The molecule has 0 fully saturated rings. The summed E-state index contributed by atoms with van der Waals surface area (Å²) >= 11 is 4.18. The van der Waals surface area contributed by atoms with E-state index in [1.165, 1.54) is 0 Å². The minimum atomic E-state index is 0.400. The summed E-state index contributed by atoms with van der Waals surface area (Å²) in [6, 6.07) is 7.67. The second-order valence-electron chi connectivity index (χ2n) is 2.06. The monoisotopic (exact) mass is 163 g/mol. The minimum absolute atomic E-state index is 0.400. The van der Waals surface area contributed by atoms with Gasteiger partial charge in [0.05, 0.1) is 6.54 Å². The molecule has 1 aromatic carbocycles. The van der Waals surface area contributed by atoms with Gasteiger partial charge in [0.15, 0.2) is 0 Å². The first kappa shape index (κ1) is 8.19. The Labute approximate surface area is 72.0 Å². The molecule has 1 nitrogen and oxygen atoms in total. The third-order valence-corrected chi connectivity index (χ3v) is 1.46. The molecular weight excluding hydrogens is 154 g/mol. The van der Waals surface area contributed by atoms with E-state index in [0.29, 0.717) is 6.54 Å². The quantitative estimate of drug-likeness (QED) is 0.437. The number of nitrogens with two attached hydrogens (primary N) is 1. The summed E-state index contributed by atoms with van der Waals surface area (Å²) in [5.74, 6) is 5.70. The maximum Gasteiger partial charge on any atom is 0.0555 e. The lowest BCUT2D eigenvalue weighted by Gasteiger charge is -1.90. The fraction of sp³-hybridized carbons (Fsp3) is 0.111. The fourth-order valence-electron chi connectivity index (χ4n) is 0.737. The predicted octanol–water partition coefficient (Wildman–Crippen LogP) is 1.29. The van der Waals surface area contributed by atoms with Gasteiger partial charge in [0.2, 0.25) is 0 Å². The van der Waals surface area contributed by atoms with Crippen molar-refractivity contribution in [2.75, 3.05) is 6.54 Å². The Hall–Kier alpha value is -0.910. The van der Waals surface area contributed by atoms with Crippen molar-refractivity contribution in [2.45, 2.75) is 4.90 Å². The number of hydrogen-bond acceptors (Lipinski definition) is 2. The lowest BCUT2D eigenvalue weighted by molar-refractivity contribution is 1.30. The summed E-state index contributed by atoms with van der Waals surface area (Å²) in [7, 11) is 0. The highest BCUT2D eigenvalue weighted by Gasteiger charge is 1.85. The second-order valence-corrected chi connectivity index (χ2v) is 2.57. The van der Waals surface area contributed by atoms with Gasteiger partial charge in [-0.1, -0.05) is 17.9 Å². The lowest BCUT2D eigenvalue weighted by Crippen LogP contribution is -1.92. The smallest absolute Gasteiger partial charge is 0.0555 e. The van der Waals surface area contributed by atoms with E-state index in [2.05, 4.69) is 24.5 Å². The van der Waals surface area contributed by atoms with Gasteiger partial charge in [-0.15, -0.1) is 12.6 Å². The zero-order valence-electron chi connectivity index (χ0n) is 6.04. The zero-order valence-corrected chi connectivity index (χ0v) is 6.94. The first-order chi connectivity index (χ1) is 5.33. The molecule has 1 aromatic rings. The maximum atomic E-state index is 5.22. The summed E-state index contributed by atoms with van der Waals surface area (Å²) in [6.07, 6.45) is 0. The van der Waals surface area contributed by atoms with E-state index in [9.17, 15) is 0 Å². The van der Waals surface area contributed by atoms with Gasteiger partial charge >= 0.3 is 0 Å². The standard InChI is InChI=1S/C9H9NS/c10-6-2-4-8-3-1-5-9(11)7-8/h1,3,5,7,11H,6,10H2. The van der Waals surface area contributed by atoms with E-state index >= 15 is 0 Å². The van der Waals surface area contributed by atoms with E-state index in [4.69, 9.17) is 5.73 Å². The first-order valence-electron chi connectivity index (χ1n) is 3.31. The Morgan fingerprint density at radius 1 is 1.45 bits per heavy atom. The van der Waals surface area contributed by atoms with E-state index in [1.54, 1.807) is 0 Å². The molecule has 2 N–H and O–H groups in total. The van der Waals surface area contributed by atoms with Crippen molar-refractivity contribution in [2.24, 2.45) is 5.73 Å². The van der Waals surface area contributed by atoms with Gasteiger partial charge in [-0.25, -0.2) is 0 Å². The summed E-state index contributed by atoms with van der Waals surface area (Å²) in [5.41, 5.74) is 6.18. The van der Waals surface area contributed by atoms with Crippen molar-refractivity contribution in [1.29, 1.82) is 0 Å². The third-order valence-electron chi connectivity index (χ3n) is 1.18. The van der Waals surface area contributed by atoms with Crippen LogP contribution >= 0.6 is 12.6 Å². The van der Waals surface area contributed by atoms with Crippen molar-refractivity contribution in [1.82, 2.24) is 0 Å². The van der Waals surface area contributed by atoms with E-state index in [1.807, 2.05) is 24.3 Å². The normalized spacial score (nSPS) is 8.55. The topological polar surface area (TPSA) is 26.0 Å². The van der Waals surface area contributed by atoms with Crippen LogP contribution in [0, 0.1) is 11.8 Å². The summed E-state index contributed by atoms with van der Waals surface area (Å²) in [6.45, 7) is 0.400. The molecule has 0 aliphatic heterocycles. The molecule has 0 aromatic heterocycles. The van der Waals surface area contributed by atoms with Crippen LogP contribution in [0.3, 0.4) is 0 Å². The number of hydrogen-bond donors (Lipinski definition) is 2. The van der Waals surface area contributed by atoms with Crippen LogP contribution in [0.4, 0.5) is 0 Å². The molecule has 0 unspecified atom stereocenters. The highest BCUT2D eigenvalue weighted by molar-refractivity contribution is 7.80. The Kier molecular flexibility index (Phi) is 3.03. The fourth-order valence-corrected chi connectivity index (χ4v) is 0.962. The Balaban J connectivity index is 2.87. The van der Waals surface area contributed by atoms with E-state index in [-0.39, 0.29) is 0 Å². The molecule has 0 aliphatic carbocycles. The Morgan fingerprint density at radius 3 is 2.91 bits per heavy atom. The molecule has 2 heteroatoms. The highest BCUT2D eigenvalue weighted by Crippen LogP contribution is 2.06. The van der Waals surface area contributed by atoms with Crippen LogP contribution in [-0.2, 0) is 0 Å². The van der Waals surface area contributed by atoms with Crippen molar-refractivity contribution >= 4 is 12.6 Å². The Bertz CT molecular complexity index is 296. The average Bonchev–Trinajstić information content (AvgIpc) is 2.01. The van der Waals surface area contributed by atoms with Crippen molar-refractivity contribution in [3.05, 3.63) is 29.8 Å². The van der Waals surface area contributed by atoms with Gasteiger partial charge in [-0.2, -0.15) is 0 Å². The maximum absolute atomic E-state index is 5.22. The van der Waals surface area contributed by atoms with Crippen molar-refractivity contribution < 1.29 is 0 Å². The van der Waals surface area contributed by atoms with Crippen LogP contribution in [0.15, 0.2) is 29.2 Å². The van der Waals surface area contributed by atoms with E-state index < -0.39 is 0 Å². The molecule has 0 saturated heterocycles. The first-order valence-corrected chi connectivity index (χ1v) is 3.75. The zero-order chi connectivity index (χ0) is 8.10. The highest BCUT2D eigenvalue weighted by atomic mass is 32.1. The molecule has 0 saturated carbocycles. The van der Waals surface area contributed by atoms with Gasteiger partial charge in [0.1, 0.15) is 0 Å². The molecular formula is C9H9NS. The van der Waals surface area contributed by atoms with Crippen molar-refractivity contribution in [3.8, 4) is 11.8 Å². The molecule has 1 rings (SSSR count). The van der Waals surface area contributed by atoms with Gasteiger partial charge in [-0.3, -0.25) is 0 Å². The van der Waals surface area contributed by atoms with Crippen LogP contribution in [0.5, 0.6) is 0 Å². The molecule has 11 heavy (non-hydrogen) atoms. The minimum Gasteiger partial charge on any atom is -0.320 e. The van der Waals surface area contributed by atoms with Gasteiger partial charge in [-0.05, 0) is 18.2 Å². The van der Waals surface area contributed by atoms with E-state index in [0.717, 1.165) is 10.5 Å². The Morgan fingerprint density at radius 2 is 2.27 bits per heavy atom. The third kappa shape index (κ3) is 2.67. The largest absolute Gasteiger partial charge is 0.320 e. The lowest BCUT2D eigenvalue weighted by atomic mass is 10.2. The summed E-state index contributed by atoms with van der Waals surface area (Å²) in [4.78, 5) is 0.925. The van der Waals surface area contributed by atoms with Crippen LogP contribution in [-0.4, -0.2) is 6.54 Å². The molecule has 0 radical (unpaired) electrons. The number of rotatable bonds is 0.